The van der Waals surface area contributed by atoms with Gasteiger partial charge in [0.15, 0.2) is 0 Å². The number of ether oxygens (including phenoxy) is 1. The van der Waals surface area contributed by atoms with Crippen molar-refractivity contribution in [2.45, 2.75) is 52.6 Å². The zero-order chi connectivity index (χ0) is 17.1. The third kappa shape index (κ3) is 9.24. The van der Waals surface area contributed by atoms with Crippen LogP contribution >= 0.6 is 0 Å². The molecule has 1 aromatic carbocycles. The lowest BCUT2D eigenvalue weighted by molar-refractivity contribution is 0.0252. The van der Waals surface area contributed by atoms with Crippen LogP contribution in [0.1, 0.15) is 46.1 Å². The first-order valence-electron chi connectivity index (χ1n) is 8.65. The van der Waals surface area contributed by atoms with Gasteiger partial charge in [-0.1, -0.05) is 37.3 Å². The lowest BCUT2D eigenvalue weighted by Gasteiger charge is -2.27. The molecule has 0 aliphatic carbocycles. The third-order valence-electron chi connectivity index (χ3n) is 3.37. The maximum Gasteiger partial charge on any atom is 0.410 e. The second kappa shape index (κ2) is 10.3. The molecule has 0 fully saturated rings. The highest BCUT2D eigenvalue weighted by atomic mass is 16.6. The van der Waals surface area contributed by atoms with Crippen molar-refractivity contribution in [2.75, 3.05) is 26.2 Å². The van der Waals surface area contributed by atoms with Gasteiger partial charge >= 0.3 is 6.09 Å². The normalized spacial score (nSPS) is 11.3. The molecule has 0 heterocycles. The van der Waals surface area contributed by atoms with Gasteiger partial charge in [-0.25, -0.2) is 4.79 Å². The van der Waals surface area contributed by atoms with Crippen molar-refractivity contribution < 1.29 is 9.53 Å². The highest BCUT2D eigenvalue weighted by Gasteiger charge is 2.21. The van der Waals surface area contributed by atoms with Crippen LogP contribution in [0, 0.1) is 0 Å². The standard InChI is InChI=1S/C19H32N2O2/c1-5-15-21(18(22)23-19(2,3)4)16-14-20-13-9-12-17-10-7-6-8-11-17/h6-8,10-11,20H,5,9,12-16H2,1-4H3. The van der Waals surface area contributed by atoms with Crippen molar-refractivity contribution in [3.8, 4) is 0 Å². The molecule has 0 bridgehead atoms. The Morgan fingerprint density at radius 2 is 1.83 bits per heavy atom. The second-order valence-corrected chi connectivity index (χ2v) is 6.81. The van der Waals surface area contributed by atoms with E-state index in [1.54, 1.807) is 4.90 Å². The number of carbonyl (C=O) groups is 1. The first-order valence-corrected chi connectivity index (χ1v) is 8.65. The maximum atomic E-state index is 12.1. The van der Waals surface area contributed by atoms with Gasteiger partial charge in [0, 0.05) is 19.6 Å². The Kier molecular flexibility index (Phi) is 8.70. The fourth-order valence-corrected chi connectivity index (χ4v) is 2.29. The van der Waals surface area contributed by atoms with Gasteiger partial charge in [-0.05, 0) is 52.1 Å². The number of aryl methyl sites for hydroxylation is 1. The predicted molar refractivity (Wildman–Crippen MR) is 95.7 cm³/mol. The Labute approximate surface area is 141 Å². The van der Waals surface area contributed by atoms with E-state index in [4.69, 9.17) is 4.74 Å². The number of nitrogens with zero attached hydrogens (tertiary/aromatic N) is 1. The Morgan fingerprint density at radius 1 is 1.13 bits per heavy atom. The zero-order valence-electron chi connectivity index (χ0n) is 15.1. The summed E-state index contributed by atoms with van der Waals surface area (Å²) in [7, 11) is 0. The molecule has 0 aliphatic rings. The Hall–Kier alpha value is -1.55. The van der Waals surface area contributed by atoms with Crippen LogP contribution in [0.4, 0.5) is 4.79 Å². The first kappa shape index (κ1) is 19.5. The van der Waals surface area contributed by atoms with E-state index in [0.717, 1.165) is 38.9 Å². The predicted octanol–water partition coefficient (Wildman–Crippen LogP) is 3.86. The summed E-state index contributed by atoms with van der Waals surface area (Å²) in [5.74, 6) is 0. The van der Waals surface area contributed by atoms with Crippen LogP contribution in [-0.4, -0.2) is 42.8 Å². The average molecular weight is 320 g/mol. The summed E-state index contributed by atoms with van der Waals surface area (Å²) < 4.78 is 5.45. The maximum absolute atomic E-state index is 12.1. The van der Waals surface area contributed by atoms with Gasteiger partial charge in [-0.15, -0.1) is 0 Å². The van der Waals surface area contributed by atoms with Gasteiger partial charge in [0.1, 0.15) is 5.60 Å². The molecule has 0 aliphatic heterocycles. The van der Waals surface area contributed by atoms with E-state index >= 15 is 0 Å². The van der Waals surface area contributed by atoms with Crippen LogP contribution in [0.15, 0.2) is 30.3 Å². The van der Waals surface area contributed by atoms with Crippen LogP contribution in [0.3, 0.4) is 0 Å². The molecule has 130 valence electrons. The molecular weight excluding hydrogens is 288 g/mol. The van der Waals surface area contributed by atoms with Gasteiger partial charge in [-0.2, -0.15) is 0 Å². The SMILES string of the molecule is CCCN(CCNCCCc1ccccc1)C(=O)OC(C)(C)C. The lowest BCUT2D eigenvalue weighted by atomic mass is 10.1. The minimum absolute atomic E-state index is 0.217. The summed E-state index contributed by atoms with van der Waals surface area (Å²) in [6.07, 6.45) is 2.90. The van der Waals surface area contributed by atoms with Gasteiger partial charge in [0.05, 0.1) is 0 Å². The summed E-state index contributed by atoms with van der Waals surface area (Å²) >= 11 is 0. The highest BCUT2D eigenvalue weighted by Crippen LogP contribution is 2.10. The van der Waals surface area contributed by atoms with Crippen molar-refractivity contribution in [2.24, 2.45) is 0 Å². The molecule has 1 aromatic rings. The van der Waals surface area contributed by atoms with E-state index in [-0.39, 0.29) is 6.09 Å². The van der Waals surface area contributed by atoms with E-state index in [0.29, 0.717) is 6.54 Å². The van der Waals surface area contributed by atoms with Crippen LogP contribution in [0.25, 0.3) is 0 Å². The van der Waals surface area contributed by atoms with Crippen LogP contribution in [0.2, 0.25) is 0 Å². The van der Waals surface area contributed by atoms with Crippen molar-refractivity contribution in [1.29, 1.82) is 0 Å². The van der Waals surface area contributed by atoms with Gasteiger partial charge in [0.2, 0.25) is 0 Å². The number of hydrogen-bond acceptors (Lipinski definition) is 3. The van der Waals surface area contributed by atoms with E-state index < -0.39 is 5.60 Å². The molecule has 0 saturated carbocycles. The van der Waals surface area contributed by atoms with Crippen LogP contribution in [-0.2, 0) is 11.2 Å². The molecule has 0 spiro atoms. The van der Waals surface area contributed by atoms with Crippen molar-refractivity contribution in [1.82, 2.24) is 10.2 Å². The fraction of sp³-hybridized carbons (Fsp3) is 0.632. The van der Waals surface area contributed by atoms with Crippen molar-refractivity contribution >= 4 is 6.09 Å². The topological polar surface area (TPSA) is 41.6 Å². The summed E-state index contributed by atoms with van der Waals surface area (Å²) in [6, 6.07) is 10.5. The lowest BCUT2D eigenvalue weighted by Crippen LogP contribution is -2.41. The van der Waals surface area contributed by atoms with Crippen molar-refractivity contribution in [3.05, 3.63) is 35.9 Å². The number of amides is 1. The molecule has 4 heteroatoms. The minimum atomic E-state index is -0.438. The smallest absolute Gasteiger partial charge is 0.410 e. The largest absolute Gasteiger partial charge is 0.444 e. The fourth-order valence-electron chi connectivity index (χ4n) is 2.29. The number of hydrogen-bond donors (Lipinski definition) is 1. The first-order chi connectivity index (χ1) is 10.9. The Bertz CT molecular complexity index is 440. The van der Waals surface area contributed by atoms with Crippen molar-refractivity contribution in [3.63, 3.8) is 0 Å². The molecule has 0 aromatic heterocycles. The minimum Gasteiger partial charge on any atom is -0.444 e. The van der Waals surface area contributed by atoms with Crippen LogP contribution < -0.4 is 5.32 Å². The van der Waals surface area contributed by atoms with Gasteiger partial charge in [-0.3, -0.25) is 0 Å². The van der Waals surface area contributed by atoms with E-state index in [9.17, 15) is 4.79 Å². The summed E-state index contributed by atoms with van der Waals surface area (Å²) in [6.45, 7) is 11.0. The van der Waals surface area contributed by atoms with E-state index in [2.05, 4.69) is 36.5 Å². The Morgan fingerprint density at radius 3 is 2.43 bits per heavy atom. The zero-order valence-corrected chi connectivity index (χ0v) is 15.1. The molecule has 23 heavy (non-hydrogen) atoms. The number of nitrogens with one attached hydrogen (secondary N) is 1. The molecule has 0 atom stereocenters. The van der Waals surface area contributed by atoms with E-state index in [1.807, 2.05) is 26.8 Å². The molecule has 1 rings (SSSR count). The molecule has 1 amide bonds. The molecule has 1 N–H and O–H groups in total. The highest BCUT2D eigenvalue weighted by molar-refractivity contribution is 5.68. The molecule has 0 saturated heterocycles. The third-order valence-corrected chi connectivity index (χ3v) is 3.37. The number of benzene rings is 1. The molecule has 4 nitrogen and oxygen atoms in total. The van der Waals surface area contributed by atoms with E-state index in [1.165, 1.54) is 5.56 Å². The Balaban J connectivity index is 2.21. The average Bonchev–Trinajstić information content (AvgIpc) is 2.49. The summed E-state index contributed by atoms with van der Waals surface area (Å²) in [5, 5.41) is 3.41. The second-order valence-electron chi connectivity index (χ2n) is 6.81. The number of carbonyl (C=O) groups excluding carboxylic acids is 1. The molecular formula is C19H32N2O2. The number of rotatable bonds is 9. The molecule has 0 unspecified atom stereocenters. The summed E-state index contributed by atoms with van der Waals surface area (Å²) in [4.78, 5) is 13.9. The molecule has 0 radical (unpaired) electrons. The van der Waals surface area contributed by atoms with Crippen LogP contribution in [0.5, 0.6) is 0 Å². The van der Waals surface area contributed by atoms with Gasteiger partial charge < -0.3 is 15.0 Å². The van der Waals surface area contributed by atoms with Gasteiger partial charge in [0.25, 0.3) is 0 Å². The quantitative estimate of drug-likeness (QED) is 0.703. The summed E-state index contributed by atoms with van der Waals surface area (Å²) in [5.41, 5.74) is 0.933. The monoisotopic (exact) mass is 320 g/mol.